The molecular weight excluding hydrogens is 242 g/mol. The Kier molecular flexibility index (Phi) is 2.74. The molecule has 0 unspecified atom stereocenters. The Hall–Kier alpha value is -2.30. The van der Waals surface area contributed by atoms with E-state index >= 15 is 0 Å². The number of oxazole rings is 1. The first-order chi connectivity index (χ1) is 9.15. The second-order valence-corrected chi connectivity index (χ2v) is 4.54. The van der Waals surface area contributed by atoms with Crippen molar-refractivity contribution in [2.75, 3.05) is 0 Å². The molecule has 0 radical (unpaired) electrons. The maximum atomic E-state index is 5.64. The topological polar surface area (TPSA) is 57.0 Å². The average molecular weight is 257 g/mol. The molecular formula is C14H15N3O2. The molecule has 0 amide bonds. The fourth-order valence-electron chi connectivity index (χ4n) is 1.95. The molecule has 0 aliphatic rings. The molecule has 3 aromatic rings. The largest absolute Gasteiger partial charge is 0.459 e. The molecule has 0 fully saturated rings. The lowest BCUT2D eigenvalue weighted by Crippen LogP contribution is -2.02. The summed E-state index contributed by atoms with van der Waals surface area (Å²) in [7, 11) is 0. The van der Waals surface area contributed by atoms with Gasteiger partial charge in [0.1, 0.15) is 11.5 Å². The van der Waals surface area contributed by atoms with Crippen molar-refractivity contribution < 1.29 is 8.83 Å². The van der Waals surface area contributed by atoms with Gasteiger partial charge in [-0.2, -0.15) is 0 Å². The molecule has 0 aromatic carbocycles. The minimum absolute atomic E-state index is 0.520. The zero-order chi connectivity index (χ0) is 13.4. The van der Waals surface area contributed by atoms with E-state index in [0.717, 1.165) is 22.8 Å². The van der Waals surface area contributed by atoms with Crippen molar-refractivity contribution in [3.05, 3.63) is 47.6 Å². The number of hydrogen-bond acceptors (Lipinski definition) is 4. The number of imidazole rings is 1. The van der Waals surface area contributed by atoms with Crippen LogP contribution in [0.1, 0.15) is 22.8 Å². The van der Waals surface area contributed by atoms with E-state index in [1.807, 2.05) is 39.2 Å². The quantitative estimate of drug-likeness (QED) is 0.723. The molecule has 98 valence electrons. The number of aromatic nitrogens is 3. The molecule has 3 aromatic heterocycles. The fourth-order valence-corrected chi connectivity index (χ4v) is 1.95. The second kappa shape index (κ2) is 4.42. The van der Waals surface area contributed by atoms with Crippen LogP contribution in [0.4, 0.5) is 0 Å². The van der Waals surface area contributed by atoms with Crippen molar-refractivity contribution in [2.24, 2.45) is 0 Å². The average Bonchev–Trinajstić information content (AvgIpc) is 3.08. The third-order valence-corrected chi connectivity index (χ3v) is 3.29. The molecule has 5 nitrogen and oxygen atoms in total. The van der Waals surface area contributed by atoms with E-state index in [0.29, 0.717) is 18.2 Å². The summed E-state index contributed by atoms with van der Waals surface area (Å²) in [5.41, 5.74) is 3.07. The Labute approximate surface area is 110 Å². The van der Waals surface area contributed by atoms with Crippen molar-refractivity contribution in [3.63, 3.8) is 0 Å². The van der Waals surface area contributed by atoms with Gasteiger partial charge in [-0.05, 0) is 32.9 Å². The van der Waals surface area contributed by atoms with E-state index < -0.39 is 0 Å². The highest BCUT2D eigenvalue weighted by molar-refractivity contribution is 5.44. The van der Waals surface area contributed by atoms with Crippen molar-refractivity contribution in [1.82, 2.24) is 14.5 Å². The first-order valence-corrected chi connectivity index (χ1v) is 6.13. The summed E-state index contributed by atoms with van der Waals surface area (Å²) in [6, 6.07) is 3.65. The van der Waals surface area contributed by atoms with Crippen molar-refractivity contribution in [2.45, 2.75) is 27.3 Å². The van der Waals surface area contributed by atoms with Gasteiger partial charge in [0.25, 0.3) is 5.89 Å². The summed E-state index contributed by atoms with van der Waals surface area (Å²) in [5.74, 6) is 1.97. The van der Waals surface area contributed by atoms with Crippen LogP contribution >= 0.6 is 0 Å². The minimum atomic E-state index is 0.520. The lowest BCUT2D eigenvalue weighted by atomic mass is 10.3. The molecule has 3 rings (SSSR count). The number of hydrogen-bond donors (Lipinski definition) is 0. The predicted octanol–water partition coefficient (Wildman–Crippen LogP) is 3.10. The van der Waals surface area contributed by atoms with Gasteiger partial charge in [-0.15, -0.1) is 0 Å². The lowest BCUT2D eigenvalue weighted by molar-refractivity contribution is 0.499. The molecule has 0 saturated heterocycles. The van der Waals surface area contributed by atoms with E-state index in [4.69, 9.17) is 8.83 Å². The van der Waals surface area contributed by atoms with Crippen LogP contribution in [-0.2, 0) is 6.54 Å². The smallest absolute Gasteiger partial charge is 0.263 e. The molecule has 0 spiro atoms. The first-order valence-electron chi connectivity index (χ1n) is 6.13. The van der Waals surface area contributed by atoms with Crippen LogP contribution in [0.25, 0.3) is 11.7 Å². The van der Waals surface area contributed by atoms with Gasteiger partial charge in [-0.3, -0.25) is 0 Å². The normalized spacial score (nSPS) is 11.1. The summed E-state index contributed by atoms with van der Waals surface area (Å²) in [4.78, 5) is 8.77. The first kappa shape index (κ1) is 11.8. The number of aryl methyl sites for hydroxylation is 2. The van der Waals surface area contributed by atoms with Crippen LogP contribution in [0.15, 0.2) is 33.6 Å². The highest BCUT2D eigenvalue weighted by Crippen LogP contribution is 2.22. The lowest BCUT2D eigenvalue weighted by Gasteiger charge is -2.02. The van der Waals surface area contributed by atoms with E-state index in [-0.39, 0.29) is 0 Å². The Morgan fingerprint density at radius 1 is 1.26 bits per heavy atom. The molecule has 0 aliphatic carbocycles. The third-order valence-electron chi connectivity index (χ3n) is 3.29. The fraction of sp³-hybridized carbons (Fsp3) is 0.286. The third kappa shape index (κ3) is 2.07. The Balaban J connectivity index is 1.92. The molecule has 0 saturated carbocycles. The molecule has 3 heterocycles. The summed E-state index contributed by atoms with van der Waals surface area (Å²) in [6.45, 7) is 6.61. The van der Waals surface area contributed by atoms with Gasteiger partial charge in [-0.25, -0.2) is 9.97 Å². The zero-order valence-corrected chi connectivity index (χ0v) is 11.2. The van der Waals surface area contributed by atoms with Gasteiger partial charge in [0.15, 0.2) is 5.76 Å². The summed E-state index contributed by atoms with van der Waals surface area (Å²) in [5, 5.41) is 0. The molecule has 0 N–H and O–H groups in total. The maximum Gasteiger partial charge on any atom is 0.263 e. The Morgan fingerprint density at radius 3 is 2.74 bits per heavy atom. The Bertz CT molecular complexity index is 692. The number of rotatable bonds is 3. The Morgan fingerprint density at radius 2 is 2.11 bits per heavy atom. The molecule has 0 atom stereocenters. The van der Waals surface area contributed by atoms with E-state index in [1.165, 1.54) is 0 Å². The standard InChI is InChI=1S/C14H15N3O2/c1-9-10(2)17(8-15-9)7-12-11(3)19-14(16-12)13-5-4-6-18-13/h4-6,8H,7H2,1-3H3. The second-order valence-electron chi connectivity index (χ2n) is 4.54. The monoisotopic (exact) mass is 257 g/mol. The molecule has 19 heavy (non-hydrogen) atoms. The van der Waals surface area contributed by atoms with E-state index in [1.54, 1.807) is 6.26 Å². The number of nitrogens with zero attached hydrogens (tertiary/aromatic N) is 3. The maximum absolute atomic E-state index is 5.64. The highest BCUT2D eigenvalue weighted by Gasteiger charge is 2.14. The van der Waals surface area contributed by atoms with Crippen LogP contribution in [0.2, 0.25) is 0 Å². The van der Waals surface area contributed by atoms with Crippen LogP contribution < -0.4 is 0 Å². The predicted molar refractivity (Wildman–Crippen MR) is 69.7 cm³/mol. The van der Waals surface area contributed by atoms with Gasteiger partial charge in [0.05, 0.1) is 24.8 Å². The summed E-state index contributed by atoms with van der Waals surface area (Å²) in [6.07, 6.45) is 3.43. The van der Waals surface area contributed by atoms with Crippen LogP contribution in [0, 0.1) is 20.8 Å². The summed E-state index contributed by atoms with van der Waals surface area (Å²) >= 11 is 0. The van der Waals surface area contributed by atoms with Crippen molar-refractivity contribution >= 4 is 0 Å². The molecule has 5 heteroatoms. The van der Waals surface area contributed by atoms with Gasteiger partial charge >= 0.3 is 0 Å². The molecule has 0 aliphatic heterocycles. The van der Waals surface area contributed by atoms with Crippen LogP contribution in [0.3, 0.4) is 0 Å². The molecule has 0 bridgehead atoms. The SMILES string of the molecule is Cc1ncn(Cc2nc(-c3ccco3)oc2C)c1C. The highest BCUT2D eigenvalue weighted by atomic mass is 16.4. The van der Waals surface area contributed by atoms with Crippen molar-refractivity contribution in [3.8, 4) is 11.7 Å². The van der Waals surface area contributed by atoms with E-state index in [9.17, 15) is 0 Å². The summed E-state index contributed by atoms with van der Waals surface area (Å²) < 4.78 is 13.0. The minimum Gasteiger partial charge on any atom is -0.459 e. The zero-order valence-electron chi connectivity index (χ0n) is 11.2. The van der Waals surface area contributed by atoms with Gasteiger partial charge in [-0.1, -0.05) is 0 Å². The van der Waals surface area contributed by atoms with Gasteiger partial charge in [0.2, 0.25) is 0 Å². The van der Waals surface area contributed by atoms with Crippen molar-refractivity contribution in [1.29, 1.82) is 0 Å². The van der Waals surface area contributed by atoms with Gasteiger partial charge < -0.3 is 13.4 Å². The van der Waals surface area contributed by atoms with Crippen LogP contribution in [-0.4, -0.2) is 14.5 Å². The van der Waals surface area contributed by atoms with Crippen LogP contribution in [0.5, 0.6) is 0 Å². The number of furan rings is 1. The van der Waals surface area contributed by atoms with E-state index in [2.05, 4.69) is 14.5 Å². The van der Waals surface area contributed by atoms with Gasteiger partial charge in [0, 0.05) is 5.69 Å².